The van der Waals surface area contributed by atoms with E-state index in [1.54, 1.807) is 54.6 Å². The molecule has 198 valence electrons. The highest BCUT2D eigenvalue weighted by Gasteiger charge is 2.27. The molecule has 0 saturated heterocycles. The molecule has 0 aliphatic carbocycles. The Hall–Kier alpha value is -4.73. The number of para-hydroxylation sites is 2. The number of amides is 2. The van der Waals surface area contributed by atoms with E-state index in [2.05, 4.69) is 0 Å². The molecule has 0 aliphatic rings. The molecule has 1 N–H and O–H groups in total. The summed E-state index contributed by atoms with van der Waals surface area (Å²) in [5, 5.41) is 20.6. The molecule has 0 aromatic heterocycles. The minimum atomic E-state index is -0.840. The first-order chi connectivity index (χ1) is 18.2. The van der Waals surface area contributed by atoms with Crippen LogP contribution in [0.15, 0.2) is 72.8 Å². The highest BCUT2D eigenvalue weighted by Crippen LogP contribution is 2.32. The first-order valence-electron chi connectivity index (χ1n) is 12.0. The van der Waals surface area contributed by atoms with E-state index in [4.69, 9.17) is 9.84 Å². The van der Waals surface area contributed by atoms with Gasteiger partial charge in [0.2, 0.25) is 0 Å². The molecule has 0 aliphatic heterocycles. The Bertz CT molecular complexity index is 1310. The van der Waals surface area contributed by atoms with Gasteiger partial charge < -0.3 is 19.6 Å². The largest absolute Gasteiger partial charge is 0.491 e. The van der Waals surface area contributed by atoms with Gasteiger partial charge in [-0.05, 0) is 55.7 Å². The lowest BCUT2D eigenvalue weighted by molar-refractivity contribution is -0.385. The Kier molecular flexibility index (Phi) is 9.53. The molecule has 0 spiro atoms. The zero-order valence-electron chi connectivity index (χ0n) is 21.2. The molecule has 3 aromatic rings. The molecular formula is C28H29N3O7. The first-order valence-corrected chi connectivity index (χ1v) is 12.0. The van der Waals surface area contributed by atoms with E-state index in [-0.39, 0.29) is 23.6 Å². The van der Waals surface area contributed by atoms with Crippen molar-refractivity contribution in [3.8, 4) is 5.75 Å². The van der Waals surface area contributed by atoms with Gasteiger partial charge in [-0.2, -0.15) is 0 Å². The lowest BCUT2D eigenvalue weighted by Crippen LogP contribution is -2.28. The standard InChI is InChI=1S/C28H29N3O7/c1-29(27(34)20-11-5-3-6-12-20)21-16-17-22(24(19-21)31(36)37)28(35)30(2)23-13-8-9-14-25(23)38-18-10-4-7-15-26(32)33/h3,5-6,8-9,11-14,16-17,19H,4,7,10,15,18H2,1-2H3,(H,32,33). The van der Waals surface area contributed by atoms with E-state index >= 15 is 0 Å². The van der Waals surface area contributed by atoms with Crippen LogP contribution in [-0.2, 0) is 4.79 Å². The van der Waals surface area contributed by atoms with Gasteiger partial charge in [-0.25, -0.2) is 0 Å². The van der Waals surface area contributed by atoms with Crippen molar-refractivity contribution in [2.24, 2.45) is 0 Å². The summed E-state index contributed by atoms with van der Waals surface area (Å²) in [5.74, 6) is -1.37. The molecule has 0 fully saturated rings. The average molecular weight is 520 g/mol. The third-order valence-electron chi connectivity index (χ3n) is 5.94. The molecule has 3 aromatic carbocycles. The second-order valence-electron chi connectivity index (χ2n) is 8.57. The van der Waals surface area contributed by atoms with Gasteiger partial charge in [-0.3, -0.25) is 24.5 Å². The average Bonchev–Trinajstić information content (AvgIpc) is 2.93. The molecule has 0 saturated carbocycles. The van der Waals surface area contributed by atoms with Crippen LogP contribution in [-0.4, -0.2) is 48.5 Å². The van der Waals surface area contributed by atoms with Crippen molar-refractivity contribution in [3.05, 3.63) is 94.0 Å². The van der Waals surface area contributed by atoms with Crippen molar-refractivity contribution in [2.75, 3.05) is 30.5 Å². The Morgan fingerprint density at radius 2 is 1.55 bits per heavy atom. The summed E-state index contributed by atoms with van der Waals surface area (Å²) in [5.41, 5.74) is 0.569. The molecule has 0 radical (unpaired) electrons. The fourth-order valence-corrected chi connectivity index (χ4v) is 3.84. The van der Waals surface area contributed by atoms with Gasteiger partial charge in [-0.1, -0.05) is 30.3 Å². The van der Waals surface area contributed by atoms with Crippen molar-refractivity contribution >= 4 is 34.8 Å². The summed E-state index contributed by atoms with van der Waals surface area (Å²) in [6.07, 6.45) is 1.97. The fourth-order valence-electron chi connectivity index (χ4n) is 3.84. The summed E-state index contributed by atoms with van der Waals surface area (Å²) in [6.45, 7) is 0.329. The number of nitrogens with zero attached hydrogens (tertiary/aromatic N) is 3. The highest BCUT2D eigenvalue weighted by molar-refractivity contribution is 6.10. The minimum Gasteiger partial charge on any atom is -0.491 e. The van der Waals surface area contributed by atoms with Crippen LogP contribution in [0.1, 0.15) is 46.4 Å². The second kappa shape index (κ2) is 13.0. The van der Waals surface area contributed by atoms with Gasteiger partial charge in [0.15, 0.2) is 0 Å². The number of unbranched alkanes of at least 4 members (excludes halogenated alkanes) is 2. The van der Waals surface area contributed by atoms with Crippen LogP contribution in [0.2, 0.25) is 0 Å². The van der Waals surface area contributed by atoms with Crippen molar-refractivity contribution in [2.45, 2.75) is 25.7 Å². The Labute approximate surface area is 220 Å². The van der Waals surface area contributed by atoms with Crippen molar-refractivity contribution in [1.29, 1.82) is 0 Å². The quantitative estimate of drug-likeness (QED) is 0.198. The zero-order chi connectivity index (χ0) is 27.7. The molecule has 0 bridgehead atoms. The Morgan fingerprint density at radius 3 is 2.24 bits per heavy atom. The number of nitro groups is 1. The Morgan fingerprint density at radius 1 is 0.868 bits per heavy atom. The number of carbonyl (C=O) groups excluding carboxylic acids is 2. The number of nitro benzene ring substituents is 1. The number of carboxylic acid groups (broad SMARTS) is 1. The summed E-state index contributed by atoms with van der Waals surface area (Å²) in [6, 6.07) is 19.4. The van der Waals surface area contributed by atoms with Crippen LogP contribution in [0.5, 0.6) is 5.75 Å². The van der Waals surface area contributed by atoms with Crippen molar-refractivity contribution in [3.63, 3.8) is 0 Å². The van der Waals surface area contributed by atoms with Gasteiger partial charge in [0, 0.05) is 32.1 Å². The van der Waals surface area contributed by atoms with Gasteiger partial charge >= 0.3 is 5.97 Å². The maximum atomic E-state index is 13.4. The number of anilines is 2. The Balaban J connectivity index is 1.78. The van der Waals surface area contributed by atoms with E-state index in [0.29, 0.717) is 42.9 Å². The minimum absolute atomic E-state index is 0.0988. The van der Waals surface area contributed by atoms with Crippen molar-refractivity contribution in [1.82, 2.24) is 0 Å². The van der Waals surface area contributed by atoms with E-state index in [1.165, 1.54) is 42.1 Å². The normalized spacial score (nSPS) is 10.5. The molecule has 3 rings (SSSR count). The van der Waals surface area contributed by atoms with Crippen LogP contribution >= 0.6 is 0 Å². The topological polar surface area (TPSA) is 130 Å². The summed E-state index contributed by atoms with van der Waals surface area (Å²) in [7, 11) is 3.01. The predicted octanol–water partition coefficient (Wildman–Crippen LogP) is 5.17. The maximum Gasteiger partial charge on any atom is 0.303 e. The van der Waals surface area contributed by atoms with Gasteiger partial charge in [0.25, 0.3) is 17.5 Å². The molecule has 2 amide bonds. The molecular weight excluding hydrogens is 490 g/mol. The van der Waals surface area contributed by atoms with Crippen LogP contribution in [0.4, 0.5) is 17.1 Å². The van der Waals surface area contributed by atoms with Crippen molar-refractivity contribution < 1.29 is 29.2 Å². The third-order valence-corrected chi connectivity index (χ3v) is 5.94. The molecule has 38 heavy (non-hydrogen) atoms. The molecule has 10 heteroatoms. The number of carbonyl (C=O) groups is 3. The van der Waals surface area contributed by atoms with Crippen LogP contribution in [0.25, 0.3) is 0 Å². The number of benzene rings is 3. The molecule has 0 unspecified atom stereocenters. The number of carboxylic acids is 1. The molecule has 0 heterocycles. The zero-order valence-corrected chi connectivity index (χ0v) is 21.2. The first kappa shape index (κ1) is 27.9. The predicted molar refractivity (Wildman–Crippen MR) is 143 cm³/mol. The number of ether oxygens (including phenoxy) is 1. The summed E-state index contributed by atoms with van der Waals surface area (Å²) < 4.78 is 5.83. The number of hydrogen-bond donors (Lipinski definition) is 1. The monoisotopic (exact) mass is 519 g/mol. The lowest BCUT2D eigenvalue weighted by atomic mass is 10.1. The van der Waals surface area contributed by atoms with Crippen LogP contribution < -0.4 is 14.5 Å². The van der Waals surface area contributed by atoms with E-state index in [1.807, 2.05) is 0 Å². The summed E-state index contributed by atoms with van der Waals surface area (Å²) in [4.78, 5) is 50.6. The SMILES string of the molecule is CN(C(=O)c1ccccc1)c1ccc(C(=O)N(C)c2ccccc2OCCCCCC(=O)O)c([N+](=O)[O-])c1. The second-order valence-corrected chi connectivity index (χ2v) is 8.57. The summed E-state index contributed by atoms with van der Waals surface area (Å²) >= 11 is 0. The van der Waals surface area contributed by atoms with Gasteiger partial charge in [0.05, 0.1) is 22.9 Å². The van der Waals surface area contributed by atoms with E-state index < -0.39 is 22.5 Å². The number of hydrogen-bond acceptors (Lipinski definition) is 6. The third kappa shape index (κ3) is 6.94. The molecule has 0 atom stereocenters. The number of rotatable bonds is 12. The van der Waals surface area contributed by atoms with E-state index in [9.17, 15) is 24.5 Å². The molecule has 10 nitrogen and oxygen atoms in total. The van der Waals surface area contributed by atoms with Gasteiger partial charge in [-0.15, -0.1) is 0 Å². The maximum absolute atomic E-state index is 13.4. The van der Waals surface area contributed by atoms with E-state index in [0.717, 1.165) is 0 Å². The smallest absolute Gasteiger partial charge is 0.303 e. The highest BCUT2D eigenvalue weighted by atomic mass is 16.6. The van der Waals surface area contributed by atoms with Gasteiger partial charge in [0.1, 0.15) is 11.3 Å². The fraction of sp³-hybridized carbons (Fsp3) is 0.250. The van der Waals surface area contributed by atoms with Crippen LogP contribution in [0.3, 0.4) is 0 Å². The van der Waals surface area contributed by atoms with Crippen LogP contribution in [0, 0.1) is 10.1 Å². The lowest BCUT2D eigenvalue weighted by Gasteiger charge is -2.22. The number of aliphatic carboxylic acids is 1.